The normalized spacial score (nSPS) is 12.0. The highest BCUT2D eigenvalue weighted by Gasteiger charge is 2.21. The Labute approximate surface area is 168 Å². The third-order valence-corrected chi connectivity index (χ3v) is 5.70. The van der Waals surface area contributed by atoms with Gasteiger partial charge < -0.3 is 9.72 Å². The fourth-order valence-electron chi connectivity index (χ4n) is 3.05. The quantitative estimate of drug-likeness (QED) is 0.474. The van der Waals surface area contributed by atoms with Crippen molar-refractivity contribution in [2.45, 2.75) is 16.6 Å². The van der Waals surface area contributed by atoms with E-state index in [0.717, 1.165) is 21.8 Å². The van der Waals surface area contributed by atoms with Gasteiger partial charge in [-0.15, -0.1) is 11.8 Å². The Hall–Kier alpha value is -3.05. The molecule has 0 bridgehead atoms. The molecular weight excluding hydrogens is 366 g/mol. The number of rotatable bonds is 7. The van der Waals surface area contributed by atoms with E-state index < -0.39 is 0 Å². The molecule has 5 heteroatoms. The number of pyridine rings is 1. The van der Waals surface area contributed by atoms with Gasteiger partial charge in [0.2, 0.25) is 5.91 Å². The number of carbonyl (C=O) groups excluding carboxylic acids is 1. The van der Waals surface area contributed by atoms with E-state index in [0.29, 0.717) is 13.0 Å². The number of carbonyl (C=O) groups is 1. The van der Waals surface area contributed by atoms with Crippen molar-refractivity contribution in [1.29, 1.82) is 0 Å². The van der Waals surface area contributed by atoms with Crippen LogP contribution in [0, 0.1) is 0 Å². The Bertz CT molecular complexity index is 1010. The second-order valence-electron chi connectivity index (χ2n) is 6.46. The van der Waals surface area contributed by atoms with Crippen LogP contribution in [0.1, 0.15) is 16.5 Å². The van der Waals surface area contributed by atoms with Crippen molar-refractivity contribution < 1.29 is 4.79 Å². The number of hydrogen-bond acceptors (Lipinski definition) is 3. The van der Waals surface area contributed by atoms with Gasteiger partial charge in [-0.2, -0.15) is 0 Å². The zero-order valence-electron chi connectivity index (χ0n) is 15.4. The van der Waals surface area contributed by atoms with Crippen LogP contribution in [0.5, 0.6) is 0 Å². The summed E-state index contributed by atoms with van der Waals surface area (Å²) in [6.07, 6.45) is 4.69. The Morgan fingerprint density at radius 1 is 0.964 bits per heavy atom. The highest BCUT2D eigenvalue weighted by molar-refractivity contribution is 8.00. The van der Waals surface area contributed by atoms with Crippen molar-refractivity contribution in [3.63, 3.8) is 0 Å². The summed E-state index contributed by atoms with van der Waals surface area (Å²) in [5.41, 5.74) is 2.89. The van der Waals surface area contributed by atoms with Crippen molar-refractivity contribution in [3.8, 4) is 0 Å². The third-order valence-electron chi connectivity index (χ3n) is 4.43. The molecule has 1 unspecified atom stereocenters. The van der Waals surface area contributed by atoms with E-state index in [1.165, 1.54) is 0 Å². The fraction of sp³-hybridized carbons (Fsp3) is 0.130. The lowest BCUT2D eigenvalue weighted by molar-refractivity contribution is -0.120. The average Bonchev–Trinajstić information content (AvgIpc) is 3.16. The minimum Gasteiger partial charge on any atom is -0.354 e. The number of fused-ring (bicyclic) bond motifs is 1. The van der Waals surface area contributed by atoms with Crippen LogP contribution >= 0.6 is 11.8 Å². The van der Waals surface area contributed by atoms with Gasteiger partial charge in [0, 0.05) is 30.3 Å². The summed E-state index contributed by atoms with van der Waals surface area (Å²) in [5, 5.41) is 2.80. The molecule has 2 heterocycles. The average molecular weight is 388 g/mol. The van der Waals surface area contributed by atoms with Gasteiger partial charge in [0.1, 0.15) is 10.9 Å². The van der Waals surface area contributed by atoms with E-state index in [9.17, 15) is 4.79 Å². The van der Waals surface area contributed by atoms with E-state index in [1.807, 2.05) is 95.7 Å². The molecule has 4 rings (SSSR count). The Kier molecular flexibility index (Phi) is 5.73. The van der Waals surface area contributed by atoms with Gasteiger partial charge in [0.15, 0.2) is 0 Å². The second kappa shape index (κ2) is 8.76. The number of thioether (sulfide) groups is 1. The molecule has 0 fully saturated rings. The predicted molar refractivity (Wildman–Crippen MR) is 113 cm³/mol. The zero-order valence-corrected chi connectivity index (χ0v) is 16.2. The number of hydrogen-bond donors (Lipinski definition) is 1. The molecule has 0 radical (unpaired) electrons. The van der Waals surface area contributed by atoms with E-state index in [2.05, 4.69) is 10.3 Å². The molecule has 0 saturated heterocycles. The number of aromatic nitrogens is 2. The van der Waals surface area contributed by atoms with Crippen molar-refractivity contribution in [2.75, 3.05) is 6.54 Å². The van der Waals surface area contributed by atoms with Crippen molar-refractivity contribution in [1.82, 2.24) is 14.7 Å². The lowest BCUT2D eigenvalue weighted by atomic mass is 10.1. The number of benzene rings is 2. The maximum absolute atomic E-state index is 13.0. The second-order valence-corrected chi connectivity index (χ2v) is 7.64. The van der Waals surface area contributed by atoms with Crippen LogP contribution in [0.2, 0.25) is 0 Å². The Balaban J connectivity index is 1.43. The lowest BCUT2D eigenvalue weighted by Crippen LogP contribution is -2.29. The van der Waals surface area contributed by atoms with Crippen molar-refractivity contribution >= 4 is 23.3 Å². The molecule has 28 heavy (non-hydrogen) atoms. The molecule has 0 aliphatic rings. The van der Waals surface area contributed by atoms with E-state index in [4.69, 9.17) is 0 Å². The van der Waals surface area contributed by atoms with Crippen molar-refractivity contribution in [3.05, 3.63) is 103 Å². The Morgan fingerprint density at radius 2 is 1.68 bits per heavy atom. The molecule has 2 aromatic heterocycles. The van der Waals surface area contributed by atoms with Gasteiger partial charge in [-0.3, -0.25) is 4.79 Å². The minimum atomic E-state index is -0.287. The predicted octanol–water partition coefficient (Wildman–Crippen LogP) is 4.53. The summed E-state index contributed by atoms with van der Waals surface area (Å²) in [6, 6.07) is 25.9. The van der Waals surface area contributed by atoms with Gasteiger partial charge in [0.25, 0.3) is 0 Å². The summed E-state index contributed by atoms with van der Waals surface area (Å²) in [7, 11) is 0. The fourth-order valence-corrected chi connectivity index (χ4v) is 4.12. The Morgan fingerprint density at radius 3 is 2.43 bits per heavy atom. The van der Waals surface area contributed by atoms with Crippen LogP contribution in [0.3, 0.4) is 0 Å². The maximum Gasteiger partial charge on any atom is 0.238 e. The molecule has 140 valence electrons. The van der Waals surface area contributed by atoms with Crippen LogP contribution in [-0.2, 0) is 11.2 Å². The highest BCUT2D eigenvalue weighted by Crippen LogP contribution is 2.35. The van der Waals surface area contributed by atoms with Gasteiger partial charge in [-0.25, -0.2) is 4.98 Å². The molecule has 0 aliphatic carbocycles. The number of nitrogens with zero attached hydrogens (tertiary/aromatic N) is 2. The molecule has 0 aliphatic heterocycles. The number of amides is 1. The first-order chi connectivity index (χ1) is 13.8. The van der Waals surface area contributed by atoms with Gasteiger partial charge in [0.05, 0.1) is 5.69 Å². The van der Waals surface area contributed by atoms with Crippen LogP contribution in [0.4, 0.5) is 0 Å². The van der Waals surface area contributed by atoms with Crippen LogP contribution < -0.4 is 5.32 Å². The molecule has 4 nitrogen and oxygen atoms in total. The first-order valence-corrected chi connectivity index (χ1v) is 10.1. The van der Waals surface area contributed by atoms with Crippen LogP contribution in [0.15, 0.2) is 96.2 Å². The van der Waals surface area contributed by atoms with E-state index >= 15 is 0 Å². The van der Waals surface area contributed by atoms with Crippen LogP contribution in [0.25, 0.3) is 5.65 Å². The standard InChI is InChI=1S/C23H21N3OS/c27-23(24-15-14-19-17-26-16-8-7-13-21(26)25-19)22(18-9-3-1-4-10-18)28-20-11-5-2-6-12-20/h1-13,16-17,22H,14-15H2,(H,24,27). The molecular formula is C23H21N3OS. The maximum atomic E-state index is 13.0. The zero-order chi connectivity index (χ0) is 19.2. The minimum absolute atomic E-state index is 0.0174. The third kappa shape index (κ3) is 4.43. The largest absolute Gasteiger partial charge is 0.354 e. The van der Waals surface area contributed by atoms with Gasteiger partial charge in [-0.05, 0) is 29.8 Å². The smallest absolute Gasteiger partial charge is 0.238 e. The van der Waals surface area contributed by atoms with Gasteiger partial charge >= 0.3 is 0 Å². The summed E-state index contributed by atoms with van der Waals surface area (Å²) < 4.78 is 2.00. The summed E-state index contributed by atoms with van der Waals surface area (Å²) >= 11 is 1.57. The topological polar surface area (TPSA) is 46.4 Å². The van der Waals surface area contributed by atoms with Crippen molar-refractivity contribution in [2.24, 2.45) is 0 Å². The first-order valence-electron chi connectivity index (χ1n) is 9.26. The summed E-state index contributed by atoms with van der Waals surface area (Å²) in [6.45, 7) is 0.557. The molecule has 1 amide bonds. The molecule has 1 atom stereocenters. The summed E-state index contributed by atoms with van der Waals surface area (Å²) in [4.78, 5) is 18.6. The first kappa shape index (κ1) is 18.3. The van der Waals surface area contributed by atoms with Crippen LogP contribution in [-0.4, -0.2) is 21.8 Å². The van der Waals surface area contributed by atoms with E-state index in [1.54, 1.807) is 11.8 Å². The molecule has 4 aromatic rings. The lowest BCUT2D eigenvalue weighted by Gasteiger charge is -2.17. The summed E-state index contributed by atoms with van der Waals surface area (Å²) in [5.74, 6) is 0.0174. The molecule has 1 N–H and O–H groups in total. The van der Waals surface area contributed by atoms with E-state index in [-0.39, 0.29) is 11.2 Å². The molecule has 0 spiro atoms. The SMILES string of the molecule is O=C(NCCc1cn2ccccc2n1)C(Sc1ccccc1)c1ccccc1. The number of nitrogens with one attached hydrogen (secondary N) is 1. The number of imidazole rings is 1. The highest BCUT2D eigenvalue weighted by atomic mass is 32.2. The van der Waals surface area contributed by atoms with Gasteiger partial charge in [-0.1, -0.05) is 54.6 Å². The molecule has 0 saturated carbocycles. The molecule has 2 aromatic carbocycles. The monoisotopic (exact) mass is 387 g/mol.